The molecule has 3 amide bonds. The van der Waals surface area contributed by atoms with Crippen LogP contribution in [0.2, 0.25) is 0 Å². The van der Waals surface area contributed by atoms with Crippen LogP contribution in [0.15, 0.2) is 0 Å². The first-order chi connectivity index (χ1) is 9.23. The quantitative estimate of drug-likeness (QED) is 0.815. The van der Waals surface area contributed by atoms with Gasteiger partial charge in [0.05, 0.1) is 12.1 Å². The fourth-order valence-electron chi connectivity index (χ4n) is 2.25. The summed E-state index contributed by atoms with van der Waals surface area (Å²) in [5, 5.41) is 5.11. The van der Waals surface area contributed by atoms with Crippen molar-refractivity contribution in [1.29, 1.82) is 0 Å². The highest BCUT2D eigenvalue weighted by molar-refractivity contribution is 5.97. The van der Waals surface area contributed by atoms with Gasteiger partial charge < -0.3 is 10.1 Å². The summed E-state index contributed by atoms with van der Waals surface area (Å²) in [7, 11) is 1.72. The van der Waals surface area contributed by atoms with E-state index in [0.717, 1.165) is 25.9 Å². The number of imide groups is 1. The summed E-state index contributed by atoms with van der Waals surface area (Å²) < 4.78 is 5.31. The van der Waals surface area contributed by atoms with Crippen LogP contribution in [0.1, 0.15) is 40.5 Å². The van der Waals surface area contributed by atoms with Crippen LogP contribution in [-0.2, 0) is 9.53 Å². The van der Waals surface area contributed by atoms with Crippen molar-refractivity contribution in [3.63, 3.8) is 0 Å². The Morgan fingerprint density at radius 2 is 1.80 bits per heavy atom. The minimum atomic E-state index is -0.443. The van der Waals surface area contributed by atoms with E-state index in [-0.39, 0.29) is 23.6 Å². The summed E-state index contributed by atoms with van der Waals surface area (Å²) in [6.07, 6.45) is 2.12. The molecule has 1 rings (SSSR count). The maximum absolute atomic E-state index is 12.0. The molecule has 0 aromatic heterocycles. The van der Waals surface area contributed by atoms with E-state index < -0.39 is 6.03 Å². The van der Waals surface area contributed by atoms with Gasteiger partial charge in [-0.2, -0.15) is 0 Å². The number of amides is 3. The molecule has 0 aromatic rings. The van der Waals surface area contributed by atoms with Crippen molar-refractivity contribution < 1.29 is 14.3 Å². The highest BCUT2D eigenvalue weighted by atomic mass is 16.5. The molecule has 1 heterocycles. The van der Waals surface area contributed by atoms with E-state index in [1.54, 1.807) is 7.11 Å². The van der Waals surface area contributed by atoms with Gasteiger partial charge in [0.25, 0.3) is 0 Å². The Balaban J connectivity index is 2.41. The van der Waals surface area contributed by atoms with Gasteiger partial charge in [0.2, 0.25) is 5.91 Å². The predicted octanol–water partition coefficient (Wildman–Crippen LogP) is 1.11. The van der Waals surface area contributed by atoms with E-state index in [1.807, 2.05) is 27.7 Å². The van der Waals surface area contributed by atoms with Gasteiger partial charge in [0, 0.05) is 25.7 Å². The lowest BCUT2D eigenvalue weighted by Gasteiger charge is -2.34. The highest BCUT2D eigenvalue weighted by Crippen LogP contribution is 2.15. The smallest absolute Gasteiger partial charge is 0.321 e. The number of hydrogen-bond acceptors (Lipinski definition) is 4. The predicted molar refractivity (Wildman–Crippen MR) is 77.5 cm³/mol. The molecule has 0 aromatic carbocycles. The van der Waals surface area contributed by atoms with Crippen molar-refractivity contribution in [3.8, 4) is 0 Å². The SMILES string of the molecule is COC1CCN(C(C)C(=O)NC(=O)NC(C)(C)C)CC1. The summed E-state index contributed by atoms with van der Waals surface area (Å²) >= 11 is 0. The zero-order valence-corrected chi connectivity index (χ0v) is 13.2. The second-order valence-electron chi connectivity index (χ2n) is 6.34. The number of hydrogen-bond donors (Lipinski definition) is 2. The van der Waals surface area contributed by atoms with Crippen molar-refractivity contribution in [2.75, 3.05) is 20.2 Å². The zero-order valence-electron chi connectivity index (χ0n) is 13.2. The van der Waals surface area contributed by atoms with E-state index in [2.05, 4.69) is 15.5 Å². The summed E-state index contributed by atoms with van der Waals surface area (Å²) in [5.41, 5.74) is -0.357. The molecule has 1 fully saturated rings. The molecule has 0 saturated carbocycles. The molecule has 1 unspecified atom stereocenters. The lowest BCUT2D eigenvalue weighted by molar-refractivity contribution is -0.125. The Morgan fingerprint density at radius 1 is 1.25 bits per heavy atom. The summed E-state index contributed by atoms with van der Waals surface area (Å²) in [5.74, 6) is -0.261. The van der Waals surface area contributed by atoms with Crippen LogP contribution in [0.4, 0.5) is 4.79 Å². The second-order valence-corrected chi connectivity index (χ2v) is 6.34. The van der Waals surface area contributed by atoms with Crippen molar-refractivity contribution in [2.45, 2.75) is 58.2 Å². The van der Waals surface area contributed by atoms with Crippen molar-refractivity contribution in [1.82, 2.24) is 15.5 Å². The van der Waals surface area contributed by atoms with Gasteiger partial charge in [-0.25, -0.2) is 4.79 Å². The number of rotatable bonds is 3. The summed E-state index contributed by atoms with van der Waals surface area (Å²) in [6, 6.07) is -0.750. The number of carbonyl (C=O) groups excluding carboxylic acids is 2. The Labute approximate surface area is 121 Å². The Morgan fingerprint density at radius 3 is 2.25 bits per heavy atom. The average molecular weight is 285 g/mol. The topological polar surface area (TPSA) is 70.7 Å². The molecule has 6 heteroatoms. The van der Waals surface area contributed by atoms with Crippen LogP contribution in [-0.4, -0.2) is 54.7 Å². The zero-order chi connectivity index (χ0) is 15.3. The van der Waals surface area contributed by atoms with Crippen LogP contribution in [0.5, 0.6) is 0 Å². The normalized spacial score (nSPS) is 19.4. The number of methoxy groups -OCH3 is 1. The van der Waals surface area contributed by atoms with Crippen molar-refractivity contribution in [2.24, 2.45) is 0 Å². The van der Waals surface area contributed by atoms with E-state index in [1.165, 1.54) is 0 Å². The lowest BCUT2D eigenvalue weighted by Crippen LogP contribution is -2.54. The Kier molecular flexibility index (Phi) is 5.95. The van der Waals surface area contributed by atoms with Crippen LogP contribution in [0, 0.1) is 0 Å². The Hall–Kier alpha value is -1.14. The standard InChI is InChI=1S/C14H27N3O3/c1-10(17-8-6-11(20-5)7-9-17)12(18)15-13(19)16-14(2,3)4/h10-11H,6-9H2,1-5H3,(H2,15,16,18,19). The van der Waals surface area contributed by atoms with Gasteiger partial charge in [-0.3, -0.25) is 15.0 Å². The number of carbonyl (C=O) groups is 2. The third-order valence-electron chi connectivity index (χ3n) is 3.46. The van der Waals surface area contributed by atoms with Gasteiger partial charge in [0.1, 0.15) is 0 Å². The molecule has 20 heavy (non-hydrogen) atoms. The number of piperidine rings is 1. The molecule has 6 nitrogen and oxygen atoms in total. The first-order valence-corrected chi connectivity index (χ1v) is 7.13. The van der Waals surface area contributed by atoms with Crippen LogP contribution >= 0.6 is 0 Å². The maximum atomic E-state index is 12.0. The maximum Gasteiger partial charge on any atom is 0.321 e. The third kappa shape index (κ3) is 5.46. The molecule has 0 radical (unpaired) electrons. The van der Waals surface area contributed by atoms with Crippen LogP contribution < -0.4 is 10.6 Å². The van der Waals surface area contributed by atoms with E-state index >= 15 is 0 Å². The lowest BCUT2D eigenvalue weighted by atomic mass is 10.1. The molecule has 116 valence electrons. The number of nitrogens with one attached hydrogen (secondary N) is 2. The highest BCUT2D eigenvalue weighted by Gasteiger charge is 2.27. The minimum Gasteiger partial charge on any atom is -0.381 e. The van der Waals surface area contributed by atoms with Gasteiger partial charge in [-0.1, -0.05) is 0 Å². The minimum absolute atomic E-state index is 0.261. The fraction of sp³-hybridized carbons (Fsp3) is 0.857. The molecular formula is C14H27N3O3. The second kappa shape index (κ2) is 7.04. The third-order valence-corrected chi connectivity index (χ3v) is 3.46. The van der Waals surface area contributed by atoms with E-state index in [9.17, 15) is 9.59 Å². The molecular weight excluding hydrogens is 258 g/mol. The van der Waals surface area contributed by atoms with E-state index in [0.29, 0.717) is 0 Å². The number of likely N-dealkylation sites (tertiary alicyclic amines) is 1. The van der Waals surface area contributed by atoms with Crippen molar-refractivity contribution in [3.05, 3.63) is 0 Å². The van der Waals surface area contributed by atoms with Crippen LogP contribution in [0.3, 0.4) is 0 Å². The average Bonchev–Trinajstić information content (AvgIpc) is 2.35. The number of ether oxygens (including phenoxy) is 1. The molecule has 2 N–H and O–H groups in total. The molecule has 0 aliphatic carbocycles. The molecule has 0 bridgehead atoms. The van der Waals surface area contributed by atoms with Crippen molar-refractivity contribution >= 4 is 11.9 Å². The fourth-order valence-corrected chi connectivity index (χ4v) is 2.25. The number of urea groups is 1. The van der Waals surface area contributed by atoms with Gasteiger partial charge in [-0.15, -0.1) is 0 Å². The monoisotopic (exact) mass is 285 g/mol. The molecule has 1 aliphatic heterocycles. The van der Waals surface area contributed by atoms with Gasteiger partial charge in [0.15, 0.2) is 0 Å². The molecule has 1 atom stereocenters. The van der Waals surface area contributed by atoms with Gasteiger partial charge in [-0.05, 0) is 40.5 Å². The summed E-state index contributed by atoms with van der Waals surface area (Å²) in [4.78, 5) is 25.8. The Bertz CT molecular complexity index is 344. The first kappa shape index (κ1) is 16.9. The molecule has 1 saturated heterocycles. The van der Waals surface area contributed by atoms with Gasteiger partial charge >= 0.3 is 6.03 Å². The summed E-state index contributed by atoms with van der Waals surface area (Å²) in [6.45, 7) is 9.07. The number of nitrogens with zero attached hydrogens (tertiary/aromatic N) is 1. The largest absolute Gasteiger partial charge is 0.381 e. The molecule has 1 aliphatic rings. The van der Waals surface area contributed by atoms with E-state index in [4.69, 9.17) is 4.74 Å². The molecule has 0 spiro atoms. The first-order valence-electron chi connectivity index (χ1n) is 7.13. The van der Waals surface area contributed by atoms with Crippen LogP contribution in [0.25, 0.3) is 0 Å².